The average molecular weight is 411 g/mol. The van der Waals surface area contributed by atoms with Crippen LogP contribution in [0.25, 0.3) is 0 Å². The van der Waals surface area contributed by atoms with Crippen molar-refractivity contribution in [1.82, 2.24) is 9.80 Å². The fraction of sp³-hybridized carbons (Fsp3) is 0.667. The van der Waals surface area contributed by atoms with E-state index < -0.39 is 0 Å². The van der Waals surface area contributed by atoms with E-state index in [-0.39, 0.29) is 23.4 Å². The number of likely N-dealkylation sites (tertiary alicyclic amines) is 1. The van der Waals surface area contributed by atoms with Gasteiger partial charge in [0.25, 0.3) is 0 Å². The van der Waals surface area contributed by atoms with Crippen LogP contribution in [-0.4, -0.2) is 61.2 Å². The SMILES string of the molecule is CCOc1ccc(N2CC3CN(C(=O)N4CCC(C#N)CC4)C[C@@H]2C(C)(C)C3)cc1. The number of nitrogens with zero attached hydrogens (tertiary/aromatic N) is 4. The van der Waals surface area contributed by atoms with Gasteiger partial charge in [-0.05, 0) is 61.8 Å². The van der Waals surface area contributed by atoms with Gasteiger partial charge in [0.05, 0.1) is 18.7 Å². The second-order valence-corrected chi connectivity index (χ2v) is 9.73. The summed E-state index contributed by atoms with van der Waals surface area (Å²) in [5.74, 6) is 1.47. The van der Waals surface area contributed by atoms with Gasteiger partial charge in [-0.1, -0.05) is 13.8 Å². The Labute approximate surface area is 180 Å². The smallest absolute Gasteiger partial charge is 0.320 e. The van der Waals surface area contributed by atoms with Gasteiger partial charge in [-0.3, -0.25) is 0 Å². The largest absolute Gasteiger partial charge is 0.494 e. The Kier molecular flexibility index (Phi) is 5.81. The number of urea groups is 1. The van der Waals surface area contributed by atoms with Crippen molar-refractivity contribution in [3.63, 3.8) is 0 Å². The summed E-state index contributed by atoms with van der Waals surface area (Å²) < 4.78 is 5.61. The fourth-order valence-electron chi connectivity index (χ4n) is 5.58. The molecule has 0 aromatic heterocycles. The van der Waals surface area contributed by atoms with Gasteiger partial charge in [0.15, 0.2) is 0 Å². The zero-order chi connectivity index (χ0) is 21.3. The molecule has 0 aliphatic carbocycles. The van der Waals surface area contributed by atoms with Crippen molar-refractivity contribution in [2.24, 2.45) is 17.3 Å². The monoisotopic (exact) mass is 410 g/mol. The van der Waals surface area contributed by atoms with Crippen molar-refractivity contribution in [3.05, 3.63) is 24.3 Å². The van der Waals surface area contributed by atoms with E-state index in [4.69, 9.17) is 10.00 Å². The number of nitriles is 1. The predicted octanol–water partition coefficient (Wildman–Crippen LogP) is 3.98. The van der Waals surface area contributed by atoms with Crippen LogP contribution in [0.3, 0.4) is 0 Å². The maximum absolute atomic E-state index is 13.3. The summed E-state index contributed by atoms with van der Waals surface area (Å²) in [6.07, 6.45) is 2.74. The van der Waals surface area contributed by atoms with Crippen molar-refractivity contribution < 1.29 is 9.53 Å². The molecule has 0 saturated carbocycles. The van der Waals surface area contributed by atoms with Gasteiger partial charge in [0.2, 0.25) is 0 Å². The zero-order valence-electron chi connectivity index (χ0n) is 18.5. The number of carbonyl (C=O) groups is 1. The highest BCUT2D eigenvalue weighted by atomic mass is 16.5. The van der Waals surface area contributed by atoms with E-state index >= 15 is 0 Å². The minimum Gasteiger partial charge on any atom is -0.494 e. The summed E-state index contributed by atoms with van der Waals surface area (Å²) in [7, 11) is 0. The summed E-state index contributed by atoms with van der Waals surface area (Å²) in [6, 6.07) is 11.2. The molecule has 0 radical (unpaired) electrons. The van der Waals surface area contributed by atoms with Gasteiger partial charge >= 0.3 is 6.03 Å². The number of fused-ring (bicyclic) bond motifs is 4. The molecule has 4 aliphatic rings. The van der Waals surface area contributed by atoms with E-state index in [0.717, 1.165) is 44.6 Å². The van der Waals surface area contributed by atoms with Crippen molar-refractivity contribution >= 4 is 11.7 Å². The molecule has 30 heavy (non-hydrogen) atoms. The first-order valence-corrected chi connectivity index (χ1v) is 11.3. The number of piperidine rings is 2. The van der Waals surface area contributed by atoms with Gasteiger partial charge in [-0.2, -0.15) is 5.26 Å². The standard InChI is InChI=1S/C24H34N4O2/c1-4-30-21-7-5-20(6-8-21)28-16-19-13-24(2,3)22(28)17-27(15-19)23(29)26-11-9-18(14-25)10-12-26/h5-8,18-19,22H,4,9-13,15-17H2,1-3H3/t19?,22-/m1/s1. The molecule has 2 amide bonds. The molecule has 4 heterocycles. The number of hydrogen-bond donors (Lipinski definition) is 0. The van der Waals surface area contributed by atoms with E-state index in [1.807, 2.05) is 24.0 Å². The van der Waals surface area contributed by atoms with Crippen molar-refractivity contribution in [1.29, 1.82) is 5.26 Å². The van der Waals surface area contributed by atoms with E-state index in [9.17, 15) is 4.79 Å². The Balaban J connectivity index is 1.51. The number of rotatable bonds is 3. The summed E-state index contributed by atoms with van der Waals surface area (Å²) in [6.45, 7) is 11.3. The Morgan fingerprint density at radius 3 is 2.47 bits per heavy atom. The van der Waals surface area contributed by atoms with Crippen LogP contribution in [0.15, 0.2) is 24.3 Å². The molecule has 4 fully saturated rings. The molecule has 1 unspecified atom stereocenters. The van der Waals surface area contributed by atoms with Crippen LogP contribution in [0, 0.1) is 28.6 Å². The molecule has 6 nitrogen and oxygen atoms in total. The van der Waals surface area contributed by atoms with Crippen molar-refractivity contribution in [2.45, 2.75) is 46.1 Å². The highest BCUT2D eigenvalue weighted by Crippen LogP contribution is 2.43. The van der Waals surface area contributed by atoms with Crippen LogP contribution in [0.4, 0.5) is 10.5 Å². The number of benzene rings is 1. The van der Waals surface area contributed by atoms with Gasteiger partial charge in [0, 0.05) is 44.3 Å². The molecule has 1 aromatic carbocycles. The normalized spacial score (nSPS) is 26.3. The van der Waals surface area contributed by atoms with Gasteiger partial charge in [-0.25, -0.2) is 4.79 Å². The second-order valence-electron chi connectivity index (χ2n) is 9.73. The maximum Gasteiger partial charge on any atom is 0.320 e. The third-order valence-electron chi connectivity index (χ3n) is 7.12. The van der Waals surface area contributed by atoms with Crippen LogP contribution >= 0.6 is 0 Å². The first-order valence-electron chi connectivity index (χ1n) is 11.3. The van der Waals surface area contributed by atoms with Crippen molar-refractivity contribution in [2.75, 3.05) is 44.2 Å². The summed E-state index contributed by atoms with van der Waals surface area (Å²) in [5.41, 5.74) is 1.36. The Morgan fingerprint density at radius 2 is 1.83 bits per heavy atom. The van der Waals surface area contributed by atoms with E-state index in [1.54, 1.807) is 0 Å². The van der Waals surface area contributed by atoms with Gasteiger partial charge < -0.3 is 19.4 Å². The molecule has 162 valence electrons. The lowest BCUT2D eigenvalue weighted by molar-refractivity contribution is 0.135. The lowest BCUT2D eigenvalue weighted by Crippen LogP contribution is -2.55. The second kappa shape index (κ2) is 8.37. The lowest BCUT2D eigenvalue weighted by Gasteiger charge is -2.48. The number of ether oxygens (including phenoxy) is 1. The first kappa shape index (κ1) is 20.8. The minimum absolute atomic E-state index is 0.100. The number of hydrogen-bond acceptors (Lipinski definition) is 4. The van der Waals surface area contributed by atoms with Crippen LogP contribution in [0.1, 0.15) is 40.0 Å². The number of carbonyl (C=O) groups excluding carboxylic acids is 1. The van der Waals surface area contributed by atoms with E-state index in [2.05, 4.69) is 41.8 Å². The summed E-state index contributed by atoms with van der Waals surface area (Å²) in [4.78, 5) is 19.9. The zero-order valence-corrected chi connectivity index (χ0v) is 18.5. The van der Waals surface area contributed by atoms with Crippen LogP contribution in [0.2, 0.25) is 0 Å². The van der Waals surface area contributed by atoms with Crippen LogP contribution in [0.5, 0.6) is 5.75 Å². The molecular formula is C24H34N4O2. The summed E-state index contributed by atoms with van der Waals surface area (Å²) >= 11 is 0. The van der Waals surface area contributed by atoms with Crippen LogP contribution in [-0.2, 0) is 0 Å². The third kappa shape index (κ3) is 4.08. The quantitative estimate of drug-likeness (QED) is 0.756. The third-order valence-corrected chi connectivity index (χ3v) is 7.12. The number of amides is 2. The molecule has 6 heteroatoms. The molecule has 4 saturated heterocycles. The Hall–Kier alpha value is -2.42. The molecule has 5 rings (SSSR count). The molecule has 2 atom stereocenters. The highest BCUT2D eigenvalue weighted by molar-refractivity contribution is 5.75. The fourth-order valence-corrected chi connectivity index (χ4v) is 5.58. The Morgan fingerprint density at radius 1 is 1.13 bits per heavy atom. The molecule has 0 spiro atoms. The first-order chi connectivity index (χ1) is 14.4. The van der Waals surface area contributed by atoms with E-state index in [0.29, 0.717) is 25.6 Å². The van der Waals surface area contributed by atoms with Crippen molar-refractivity contribution in [3.8, 4) is 11.8 Å². The maximum atomic E-state index is 13.3. The molecular weight excluding hydrogens is 376 g/mol. The average Bonchev–Trinajstić information content (AvgIpc) is 3.01. The van der Waals surface area contributed by atoms with Crippen LogP contribution < -0.4 is 9.64 Å². The molecule has 2 bridgehead atoms. The molecule has 0 N–H and O–H groups in total. The van der Waals surface area contributed by atoms with Gasteiger partial charge in [-0.15, -0.1) is 0 Å². The predicted molar refractivity (Wildman–Crippen MR) is 118 cm³/mol. The topological polar surface area (TPSA) is 59.8 Å². The van der Waals surface area contributed by atoms with E-state index in [1.165, 1.54) is 5.69 Å². The minimum atomic E-state index is 0.100. The Bertz CT molecular complexity index is 792. The molecule has 4 aliphatic heterocycles. The highest BCUT2D eigenvalue weighted by Gasteiger charge is 2.47. The lowest BCUT2D eigenvalue weighted by atomic mass is 9.73. The van der Waals surface area contributed by atoms with Gasteiger partial charge in [0.1, 0.15) is 5.75 Å². The number of anilines is 1. The summed E-state index contributed by atoms with van der Waals surface area (Å²) in [5, 5.41) is 9.14. The molecule has 1 aromatic rings.